The van der Waals surface area contributed by atoms with Gasteiger partial charge in [-0.1, -0.05) is 25.6 Å². The topological polar surface area (TPSA) is 92.9 Å². The van der Waals surface area contributed by atoms with E-state index in [9.17, 15) is 4.79 Å². The highest BCUT2D eigenvalue weighted by atomic mass is 32.1. The van der Waals surface area contributed by atoms with Crippen LogP contribution in [0.3, 0.4) is 0 Å². The van der Waals surface area contributed by atoms with Crippen molar-refractivity contribution in [1.82, 2.24) is 4.98 Å². The van der Waals surface area contributed by atoms with Gasteiger partial charge in [0.15, 0.2) is 0 Å². The molecule has 0 saturated carbocycles. The van der Waals surface area contributed by atoms with Crippen molar-refractivity contribution in [3.63, 3.8) is 0 Å². The maximum atomic E-state index is 12.2. The number of nitrogens with two attached hydrogens (primary N) is 1. The van der Waals surface area contributed by atoms with Crippen molar-refractivity contribution >= 4 is 33.2 Å². The number of carbonyl (C=O) groups is 1. The minimum Gasteiger partial charge on any atom is -0.497 e. The highest BCUT2D eigenvalue weighted by Gasteiger charge is 2.18. The van der Waals surface area contributed by atoms with Gasteiger partial charge in [0.1, 0.15) is 36.3 Å². The fourth-order valence-corrected chi connectivity index (χ4v) is 4.36. The molecule has 0 fully saturated rings. The lowest BCUT2D eigenvalue weighted by atomic mass is 10.1. The van der Waals surface area contributed by atoms with Crippen molar-refractivity contribution in [2.45, 2.75) is 27.6 Å². The summed E-state index contributed by atoms with van der Waals surface area (Å²) in [7, 11) is 1.64. The van der Waals surface area contributed by atoms with E-state index < -0.39 is 5.97 Å². The molecule has 0 unspecified atom stereocenters. The lowest BCUT2D eigenvalue weighted by molar-refractivity contribution is 0.0528. The van der Waals surface area contributed by atoms with Gasteiger partial charge in [0, 0.05) is 23.2 Å². The van der Waals surface area contributed by atoms with Gasteiger partial charge in [0.05, 0.1) is 24.0 Å². The zero-order chi connectivity index (χ0) is 23.2. The minimum absolute atomic E-state index is 0. The first-order valence-corrected chi connectivity index (χ1v) is 11.3. The third-order valence-electron chi connectivity index (χ3n) is 4.96. The average Bonchev–Trinajstić information content (AvgIpc) is 3.27. The summed E-state index contributed by atoms with van der Waals surface area (Å²) in [6.45, 7) is 2.77. The molecule has 0 bridgehead atoms. The standard InChI is InChI=1S/C25H24N2O5S.CH4/c1-3-30-25(28)21-12-27-24(26)22-17(15-33-23(21)22)14-32-20-6-4-5-19(11-20)31-13-16-7-9-18(29-2)10-8-16;/h4-12,15H,3,13-14H2,1-2H3,(H2,26,27);1H4. The van der Waals surface area contributed by atoms with Crippen molar-refractivity contribution in [3.05, 3.63) is 76.8 Å². The van der Waals surface area contributed by atoms with Gasteiger partial charge in [-0.25, -0.2) is 9.78 Å². The highest BCUT2D eigenvalue weighted by molar-refractivity contribution is 7.17. The van der Waals surface area contributed by atoms with Crippen LogP contribution in [0.1, 0.15) is 35.8 Å². The van der Waals surface area contributed by atoms with E-state index in [4.69, 9.17) is 24.7 Å². The number of ether oxygens (including phenoxy) is 4. The van der Waals surface area contributed by atoms with E-state index in [2.05, 4.69) is 4.98 Å². The Labute approximate surface area is 203 Å². The summed E-state index contributed by atoms with van der Waals surface area (Å²) in [5, 5.41) is 2.65. The predicted octanol–water partition coefficient (Wildman–Crippen LogP) is 5.86. The minimum atomic E-state index is -0.411. The number of methoxy groups -OCH3 is 1. The number of nitrogen functional groups attached to an aromatic ring is 1. The number of hydrogen-bond donors (Lipinski definition) is 1. The van der Waals surface area contributed by atoms with Crippen LogP contribution in [0.2, 0.25) is 0 Å². The van der Waals surface area contributed by atoms with Gasteiger partial charge >= 0.3 is 5.97 Å². The van der Waals surface area contributed by atoms with Gasteiger partial charge in [0.2, 0.25) is 0 Å². The van der Waals surface area contributed by atoms with E-state index >= 15 is 0 Å². The first-order valence-electron chi connectivity index (χ1n) is 10.4. The maximum absolute atomic E-state index is 12.2. The summed E-state index contributed by atoms with van der Waals surface area (Å²) >= 11 is 1.42. The molecule has 0 atom stereocenters. The first kappa shape index (κ1) is 24.9. The Morgan fingerprint density at radius 1 is 1.03 bits per heavy atom. The molecule has 178 valence electrons. The molecular weight excluding hydrogens is 452 g/mol. The quantitative estimate of drug-likeness (QED) is 0.300. The predicted molar refractivity (Wildman–Crippen MR) is 135 cm³/mol. The van der Waals surface area contributed by atoms with Crippen molar-refractivity contribution in [1.29, 1.82) is 0 Å². The summed E-state index contributed by atoms with van der Waals surface area (Å²) in [6, 6.07) is 15.2. The Kier molecular flexibility index (Phi) is 8.32. The zero-order valence-corrected chi connectivity index (χ0v) is 19.2. The van der Waals surface area contributed by atoms with Gasteiger partial charge in [-0.3, -0.25) is 0 Å². The van der Waals surface area contributed by atoms with Crippen LogP contribution < -0.4 is 19.9 Å². The van der Waals surface area contributed by atoms with E-state index in [1.807, 2.05) is 53.9 Å². The highest BCUT2D eigenvalue weighted by Crippen LogP contribution is 2.33. The second kappa shape index (κ2) is 11.4. The van der Waals surface area contributed by atoms with Crippen LogP contribution in [0.5, 0.6) is 17.2 Å². The number of benzene rings is 2. The van der Waals surface area contributed by atoms with Crippen molar-refractivity contribution in [2.24, 2.45) is 0 Å². The maximum Gasteiger partial charge on any atom is 0.341 e. The lowest BCUT2D eigenvalue weighted by Crippen LogP contribution is -2.06. The Balaban J connectivity index is 0.00000324. The van der Waals surface area contributed by atoms with Crippen LogP contribution in [-0.4, -0.2) is 24.7 Å². The molecule has 8 heteroatoms. The fraction of sp³-hybridized carbons (Fsp3) is 0.231. The van der Waals surface area contributed by atoms with E-state index in [1.165, 1.54) is 17.5 Å². The van der Waals surface area contributed by atoms with Gasteiger partial charge in [0.25, 0.3) is 0 Å². The molecule has 2 aromatic carbocycles. The Morgan fingerprint density at radius 3 is 2.41 bits per heavy atom. The van der Waals surface area contributed by atoms with E-state index in [1.54, 1.807) is 14.0 Å². The summed E-state index contributed by atoms with van der Waals surface area (Å²) in [5.41, 5.74) is 8.41. The van der Waals surface area contributed by atoms with Crippen molar-refractivity contribution in [2.75, 3.05) is 19.5 Å². The molecule has 0 amide bonds. The molecule has 2 aromatic heterocycles. The van der Waals surface area contributed by atoms with Gasteiger partial charge in [-0.05, 0) is 42.1 Å². The number of esters is 1. The largest absolute Gasteiger partial charge is 0.497 e. The second-order valence-corrected chi connectivity index (χ2v) is 8.02. The van der Waals surface area contributed by atoms with Gasteiger partial charge in [-0.2, -0.15) is 0 Å². The van der Waals surface area contributed by atoms with Gasteiger partial charge < -0.3 is 24.7 Å². The number of carbonyl (C=O) groups excluding carboxylic acids is 1. The van der Waals surface area contributed by atoms with Crippen molar-refractivity contribution in [3.8, 4) is 17.2 Å². The molecule has 4 rings (SSSR count). The zero-order valence-electron chi connectivity index (χ0n) is 18.4. The first-order chi connectivity index (χ1) is 16.1. The summed E-state index contributed by atoms with van der Waals surface area (Å²) in [4.78, 5) is 16.4. The third-order valence-corrected chi connectivity index (χ3v) is 6.02. The lowest BCUT2D eigenvalue weighted by Gasteiger charge is -2.10. The molecule has 0 aliphatic heterocycles. The van der Waals surface area contributed by atoms with Crippen LogP contribution in [0.15, 0.2) is 60.1 Å². The van der Waals surface area contributed by atoms with Crippen LogP contribution in [-0.2, 0) is 18.0 Å². The summed E-state index contributed by atoms with van der Waals surface area (Å²) in [6.07, 6.45) is 1.46. The third kappa shape index (κ3) is 5.58. The Hall–Kier alpha value is -3.78. The molecule has 2 heterocycles. The average molecular weight is 481 g/mol. The number of fused-ring (bicyclic) bond motifs is 1. The normalized spacial score (nSPS) is 10.4. The molecular formula is C26H28N2O5S. The SMILES string of the molecule is C.CCOC(=O)c1cnc(N)c2c(COc3cccc(OCc4ccc(OC)cc4)c3)csc12. The smallest absolute Gasteiger partial charge is 0.341 e. The monoisotopic (exact) mass is 480 g/mol. The molecule has 34 heavy (non-hydrogen) atoms. The Bertz CT molecular complexity index is 1250. The number of anilines is 1. The number of aromatic nitrogens is 1. The fourth-order valence-electron chi connectivity index (χ4n) is 3.29. The molecule has 0 spiro atoms. The summed E-state index contributed by atoms with van der Waals surface area (Å²) in [5.74, 6) is 2.11. The van der Waals surface area contributed by atoms with Crippen LogP contribution in [0.4, 0.5) is 5.82 Å². The number of pyridine rings is 1. The van der Waals surface area contributed by atoms with E-state index in [0.717, 1.165) is 27.0 Å². The molecule has 0 radical (unpaired) electrons. The van der Waals surface area contributed by atoms with E-state index in [0.29, 0.717) is 36.1 Å². The summed E-state index contributed by atoms with van der Waals surface area (Å²) < 4.78 is 22.9. The van der Waals surface area contributed by atoms with Gasteiger partial charge in [-0.15, -0.1) is 11.3 Å². The molecule has 0 aliphatic carbocycles. The molecule has 4 aromatic rings. The van der Waals surface area contributed by atoms with Crippen LogP contribution >= 0.6 is 11.3 Å². The van der Waals surface area contributed by atoms with Crippen LogP contribution in [0.25, 0.3) is 10.1 Å². The molecule has 2 N–H and O–H groups in total. The Morgan fingerprint density at radius 2 is 1.74 bits per heavy atom. The molecule has 7 nitrogen and oxygen atoms in total. The number of rotatable bonds is 9. The van der Waals surface area contributed by atoms with Crippen molar-refractivity contribution < 1.29 is 23.7 Å². The van der Waals surface area contributed by atoms with E-state index in [-0.39, 0.29) is 14.0 Å². The van der Waals surface area contributed by atoms with Crippen LogP contribution in [0, 0.1) is 0 Å². The second-order valence-electron chi connectivity index (χ2n) is 7.14. The molecule has 0 aliphatic rings. The number of thiophene rings is 1. The number of hydrogen-bond acceptors (Lipinski definition) is 8. The molecule has 0 saturated heterocycles. The number of nitrogens with zero attached hydrogens (tertiary/aromatic N) is 1.